The minimum absolute atomic E-state index is 0.0567. The fourth-order valence-corrected chi connectivity index (χ4v) is 5.97. The highest BCUT2D eigenvalue weighted by atomic mass is 35.5. The van der Waals surface area contributed by atoms with E-state index in [1.54, 1.807) is 0 Å². The van der Waals surface area contributed by atoms with Gasteiger partial charge in [-0.1, -0.05) is 12.8 Å². The number of ether oxygens (including phenoxy) is 4. The molecule has 0 unspecified atom stereocenters. The highest BCUT2D eigenvalue weighted by Gasteiger charge is 2.51. The number of rotatable bonds is 14. The van der Waals surface area contributed by atoms with E-state index in [4.69, 9.17) is 35.7 Å². The van der Waals surface area contributed by atoms with E-state index in [1.165, 1.54) is 18.0 Å². The predicted octanol–water partition coefficient (Wildman–Crippen LogP) is 0.482. The summed E-state index contributed by atoms with van der Waals surface area (Å²) in [5.41, 5.74) is 0.248. The monoisotopic (exact) mass is 609 g/mol. The van der Waals surface area contributed by atoms with E-state index in [0.717, 1.165) is 25.7 Å². The fraction of sp³-hybridized carbons (Fsp3) is 0.727. The maximum absolute atomic E-state index is 12.4. The van der Waals surface area contributed by atoms with Gasteiger partial charge in [0, 0.05) is 19.6 Å². The molecule has 224 valence electrons. The van der Waals surface area contributed by atoms with Crippen LogP contribution in [0.15, 0.2) is 6.20 Å². The molecule has 1 saturated heterocycles. The van der Waals surface area contributed by atoms with Crippen molar-refractivity contribution in [2.24, 2.45) is 0 Å². The van der Waals surface area contributed by atoms with Gasteiger partial charge in [0.1, 0.15) is 30.7 Å². The second kappa shape index (κ2) is 12.9. The van der Waals surface area contributed by atoms with Crippen LogP contribution in [0.25, 0.3) is 11.0 Å². The second-order valence-electron chi connectivity index (χ2n) is 9.77. The molecule has 1 saturated carbocycles. The van der Waals surface area contributed by atoms with Gasteiger partial charge in [0.25, 0.3) is 0 Å². The van der Waals surface area contributed by atoms with Gasteiger partial charge in [-0.2, -0.15) is 15.1 Å². The number of anilines is 1. The number of nitrogens with one attached hydrogen (secondary N) is 1. The van der Waals surface area contributed by atoms with E-state index < -0.39 is 69.7 Å². The summed E-state index contributed by atoms with van der Waals surface area (Å²) in [5, 5.41) is 36.2. The van der Waals surface area contributed by atoms with Crippen molar-refractivity contribution in [3.05, 3.63) is 11.5 Å². The molecule has 40 heavy (non-hydrogen) atoms. The summed E-state index contributed by atoms with van der Waals surface area (Å²) in [7, 11) is -3.82. The SMILES string of the molecule is COC[C@](CCOCC(=O)O)(OC[C@H]1O[C@@H](n2ncc3c(NC4CCCC4)nc(Cl)nc32)[C@H](O)[C@@H]1O)P(=O)(O)O. The van der Waals surface area contributed by atoms with E-state index >= 15 is 0 Å². The number of fused-ring (bicyclic) bond motifs is 1. The molecule has 0 amide bonds. The number of aromatic nitrogens is 4. The summed E-state index contributed by atoms with van der Waals surface area (Å²) >= 11 is 6.18. The molecule has 18 heteroatoms. The summed E-state index contributed by atoms with van der Waals surface area (Å²) in [4.78, 5) is 39.4. The van der Waals surface area contributed by atoms with Crippen molar-refractivity contribution in [1.82, 2.24) is 19.7 Å². The van der Waals surface area contributed by atoms with Crippen LogP contribution < -0.4 is 5.32 Å². The van der Waals surface area contributed by atoms with Crippen LogP contribution in [-0.2, 0) is 28.3 Å². The largest absolute Gasteiger partial charge is 0.480 e. The highest BCUT2D eigenvalue weighted by molar-refractivity contribution is 7.53. The third-order valence-corrected chi connectivity index (χ3v) is 8.69. The van der Waals surface area contributed by atoms with E-state index in [0.29, 0.717) is 11.2 Å². The Hall–Kier alpha value is -1.98. The van der Waals surface area contributed by atoms with Crippen LogP contribution >= 0.6 is 19.2 Å². The first-order chi connectivity index (χ1) is 19.0. The maximum atomic E-state index is 12.4. The van der Waals surface area contributed by atoms with Crippen LogP contribution in [0.4, 0.5) is 5.82 Å². The molecule has 2 aliphatic rings. The summed E-state index contributed by atoms with van der Waals surface area (Å²) in [6.07, 6.45) is -0.280. The van der Waals surface area contributed by atoms with Crippen LogP contribution in [0.2, 0.25) is 5.28 Å². The Morgan fingerprint density at radius 2 is 2.00 bits per heavy atom. The van der Waals surface area contributed by atoms with Gasteiger partial charge in [-0.15, -0.1) is 0 Å². The summed E-state index contributed by atoms with van der Waals surface area (Å²) in [6.45, 7) is -2.17. The van der Waals surface area contributed by atoms with Gasteiger partial charge in [-0.3, -0.25) is 4.57 Å². The van der Waals surface area contributed by atoms with Gasteiger partial charge < -0.3 is 49.4 Å². The standard InChI is InChI=1S/C22H33ClN5O11P/c1-36-11-22(40(33,34)35,6-7-37-10-15(29)30)38-9-14-16(31)17(32)20(39-14)28-19-13(8-24-28)18(26-21(23)27-19)25-12-4-2-3-5-12/h8,12,14,16-17,20,31-32H,2-7,9-11H2,1H3,(H,29,30)(H,25,26,27)(H2,33,34,35)/t14-,16-,17-,20-,22-/m1/s1. The molecule has 6 N–H and O–H groups in total. The Morgan fingerprint density at radius 3 is 2.65 bits per heavy atom. The molecule has 3 heterocycles. The first-order valence-corrected chi connectivity index (χ1v) is 14.6. The molecule has 0 aromatic carbocycles. The predicted molar refractivity (Wildman–Crippen MR) is 138 cm³/mol. The lowest BCUT2D eigenvalue weighted by atomic mass is 10.1. The fourth-order valence-electron chi connectivity index (χ4n) is 4.88. The minimum atomic E-state index is -5.03. The molecular weight excluding hydrogens is 577 g/mol. The number of aliphatic hydroxyl groups excluding tert-OH is 2. The Labute approximate surface area is 233 Å². The number of halogens is 1. The number of aliphatic hydroxyl groups is 2. The minimum Gasteiger partial charge on any atom is -0.480 e. The van der Waals surface area contributed by atoms with Crippen LogP contribution in [-0.4, -0.2) is 114 Å². The van der Waals surface area contributed by atoms with Crippen LogP contribution in [0.1, 0.15) is 38.3 Å². The average molecular weight is 610 g/mol. The third-order valence-electron chi connectivity index (χ3n) is 6.98. The molecule has 5 atom stereocenters. The zero-order valence-electron chi connectivity index (χ0n) is 21.6. The Kier molecular flexibility index (Phi) is 9.99. The molecule has 2 fully saturated rings. The molecule has 0 radical (unpaired) electrons. The highest BCUT2D eigenvalue weighted by Crippen LogP contribution is 2.54. The zero-order chi connectivity index (χ0) is 29.1. The van der Waals surface area contributed by atoms with E-state index in [2.05, 4.69) is 20.4 Å². The van der Waals surface area contributed by atoms with E-state index in [9.17, 15) is 29.4 Å². The van der Waals surface area contributed by atoms with Gasteiger partial charge >= 0.3 is 13.6 Å². The van der Waals surface area contributed by atoms with Crippen molar-refractivity contribution in [1.29, 1.82) is 0 Å². The molecule has 4 rings (SSSR count). The number of hydrogen-bond acceptors (Lipinski definition) is 12. The Bertz CT molecular complexity index is 1230. The van der Waals surface area contributed by atoms with Gasteiger partial charge in [-0.25, -0.2) is 9.48 Å². The van der Waals surface area contributed by atoms with Gasteiger partial charge in [0.2, 0.25) is 5.28 Å². The number of nitrogens with zero attached hydrogens (tertiary/aromatic N) is 4. The zero-order valence-corrected chi connectivity index (χ0v) is 23.3. The Morgan fingerprint density at radius 1 is 1.27 bits per heavy atom. The van der Waals surface area contributed by atoms with Crippen molar-refractivity contribution >= 4 is 42.0 Å². The average Bonchev–Trinajstić information content (AvgIpc) is 3.60. The lowest BCUT2D eigenvalue weighted by Crippen LogP contribution is -2.43. The van der Waals surface area contributed by atoms with Gasteiger partial charge in [-0.05, 0) is 24.4 Å². The third kappa shape index (κ3) is 6.73. The Balaban J connectivity index is 1.51. The molecule has 1 aliphatic heterocycles. The van der Waals surface area contributed by atoms with Crippen molar-refractivity contribution in [3.63, 3.8) is 0 Å². The number of carbonyl (C=O) groups is 1. The quantitative estimate of drug-likeness (QED) is 0.0972. The smallest absolute Gasteiger partial charge is 0.359 e. The summed E-state index contributed by atoms with van der Waals surface area (Å²) in [5.74, 6) is -0.770. The van der Waals surface area contributed by atoms with E-state index in [1.807, 2.05) is 0 Å². The van der Waals surface area contributed by atoms with Crippen molar-refractivity contribution in [3.8, 4) is 0 Å². The van der Waals surface area contributed by atoms with Crippen LogP contribution in [0, 0.1) is 0 Å². The summed E-state index contributed by atoms with van der Waals surface area (Å²) in [6, 6.07) is 0.227. The molecule has 0 bridgehead atoms. The van der Waals surface area contributed by atoms with Crippen molar-refractivity contribution in [2.75, 3.05) is 38.9 Å². The number of methoxy groups -OCH3 is 1. The molecule has 2 aromatic heterocycles. The lowest BCUT2D eigenvalue weighted by Gasteiger charge is -2.34. The first kappa shape index (κ1) is 31.0. The lowest BCUT2D eigenvalue weighted by molar-refractivity contribution is -0.144. The topological polar surface area (TPSA) is 228 Å². The van der Waals surface area contributed by atoms with Crippen molar-refractivity contribution in [2.45, 2.75) is 68.0 Å². The van der Waals surface area contributed by atoms with Gasteiger partial charge in [0.15, 0.2) is 17.2 Å². The molecule has 16 nitrogen and oxygen atoms in total. The summed E-state index contributed by atoms with van der Waals surface area (Å²) < 4.78 is 35.0. The molecular formula is C22H33ClN5O11P. The molecule has 0 spiro atoms. The number of carboxylic acids is 1. The molecule has 2 aromatic rings. The van der Waals surface area contributed by atoms with Crippen molar-refractivity contribution < 1.29 is 53.4 Å². The second-order valence-corrected chi connectivity index (χ2v) is 12.0. The number of aliphatic carboxylic acids is 1. The van der Waals surface area contributed by atoms with Gasteiger partial charge in [0.05, 0.1) is 31.4 Å². The van der Waals surface area contributed by atoms with Crippen LogP contribution in [0.3, 0.4) is 0 Å². The molecule has 1 aliphatic carbocycles. The van der Waals surface area contributed by atoms with Crippen LogP contribution in [0.5, 0.6) is 0 Å². The number of carboxylic acid groups (broad SMARTS) is 1. The van der Waals surface area contributed by atoms with E-state index in [-0.39, 0.29) is 23.6 Å². The normalized spacial score (nSPS) is 25.4. The maximum Gasteiger partial charge on any atom is 0.359 e. The number of hydrogen-bond donors (Lipinski definition) is 6. The first-order valence-electron chi connectivity index (χ1n) is 12.6.